The van der Waals surface area contributed by atoms with E-state index in [-0.39, 0.29) is 5.91 Å². The van der Waals surface area contributed by atoms with Gasteiger partial charge in [-0.3, -0.25) is 4.79 Å². The van der Waals surface area contributed by atoms with Gasteiger partial charge in [-0.2, -0.15) is 0 Å². The van der Waals surface area contributed by atoms with Crippen molar-refractivity contribution in [1.29, 1.82) is 0 Å². The molecule has 1 N–H and O–H groups in total. The molecule has 0 bridgehead atoms. The second-order valence-corrected chi connectivity index (χ2v) is 6.90. The smallest absolute Gasteiger partial charge is 0.224 e. The Morgan fingerprint density at radius 2 is 1.43 bits per heavy atom. The van der Waals surface area contributed by atoms with E-state index in [9.17, 15) is 4.79 Å². The molecular weight excluding hydrogens is 378 g/mol. The minimum absolute atomic E-state index is 0.0377. The molecule has 0 aliphatic heterocycles. The number of aryl methyl sites for hydroxylation is 1. The first-order valence-electron chi connectivity index (χ1n) is 9.85. The molecular formula is C25H27NO4. The van der Waals surface area contributed by atoms with E-state index >= 15 is 0 Å². The van der Waals surface area contributed by atoms with Gasteiger partial charge in [0.15, 0.2) is 11.5 Å². The van der Waals surface area contributed by atoms with Gasteiger partial charge >= 0.3 is 0 Å². The van der Waals surface area contributed by atoms with E-state index < -0.39 is 0 Å². The summed E-state index contributed by atoms with van der Waals surface area (Å²) >= 11 is 0. The number of para-hydroxylation sites is 1. The molecule has 30 heavy (non-hydrogen) atoms. The average molecular weight is 405 g/mol. The maximum Gasteiger partial charge on any atom is 0.224 e. The Labute approximate surface area is 177 Å². The molecule has 0 saturated carbocycles. The molecule has 0 unspecified atom stereocenters. The van der Waals surface area contributed by atoms with Crippen LogP contribution in [0.1, 0.15) is 23.1 Å². The number of ether oxygens (including phenoxy) is 3. The first-order chi connectivity index (χ1) is 14.6. The van der Waals surface area contributed by atoms with Gasteiger partial charge in [-0.25, -0.2) is 0 Å². The monoisotopic (exact) mass is 405 g/mol. The predicted molar refractivity (Wildman–Crippen MR) is 119 cm³/mol. The minimum Gasteiger partial charge on any atom is -0.493 e. The van der Waals surface area contributed by atoms with Crippen molar-refractivity contribution in [2.75, 3.05) is 26.6 Å². The molecule has 0 aromatic heterocycles. The lowest BCUT2D eigenvalue weighted by molar-refractivity contribution is -0.116. The first kappa shape index (κ1) is 21.2. The van der Waals surface area contributed by atoms with E-state index in [4.69, 9.17) is 14.2 Å². The van der Waals surface area contributed by atoms with Crippen molar-refractivity contribution >= 4 is 11.6 Å². The van der Waals surface area contributed by atoms with Gasteiger partial charge in [0.2, 0.25) is 11.7 Å². The lowest BCUT2D eigenvalue weighted by Crippen LogP contribution is -2.14. The Morgan fingerprint density at radius 1 is 0.800 bits per heavy atom. The van der Waals surface area contributed by atoms with E-state index in [1.165, 1.54) is 5.56 Å². The van der Waals surface area contributed by atoms with Crippen LogP contribution in [0.15, 0.2) is 66.7 Å². The van der Waals surface area contributed by atoms with E-state index in [2.05, 4.69) is 17.4 Å². The number of benzene rings is 3. The maximum absolute atomic E-state index is 12.6. The van der Waals surface area contributed by atoms with Crippen molar-refractivity contribution in [2.45, 2.75) is 19.3 Å². The number of carbonyl (C=O) groups is 1. The van der Waals surface area contributed by atoms with Crippen molar-refractivity contribution in [3.05, 3.63) is 83.4 Å². The molecule has 0 atom stereocenters. The first-order valence-corrected chi connectivity index (χ1v) is 9.85. The van der Waals surface area contributed by atoms with Crippen LogP contribution in [0.5, 0.6) is 17.2 Å². The number of amides is 1. The molecule has 0 heterocycles. The van der Waals surface area contributed by atoms with Gasteiger partial charge in [-0.1, -0.05) is 48.5 Å². The molecule has 0 saturated heterocycles. The molecule has 0 spiro atoms. The highest BCUT2D eigenvalue weighted by Gasteiger charge is 2.14. The third-order valence-electron chi connectivity index (χ3n) is 4.89. The number of hydrogen-bond donors (Lipinski definition) is 1. The fraction of sp³-hybridized carbons (Fsp3) is 0.240. The fourth-order valence-corrected chi connectivity index (χ4v) is 3.36. The normalized spacial score (nSPS) is 10.4. The second-order valence-electron chi connectivity index (χ2n) is 6.90. The third kappa shape index (κ3) is 5.32. The quantitative estimate of drug-likeness (QED) is 0.552. The summed E-state index contributed by atoms with van der Waals surface area (Å²) in [6.45, 7) is 0. The van der Waals surface area contributed by atoms with Crippen LogP contribution in [0.2, 0.25) is 0 Å². The highest BCUT2D eigenvalue weighted by atomic mass is 16.5. The number of carbonyl (C=O) groups excluding carboxylic acids is 1. The molecule has 156 valence electrons. The zero-order valence-corrected chi connectivity index (χ0v) is 17.6. The Hall–Kier alpha value is -3.47. The van der Waals surface area contributed by atoms with Gasteiger partial charge < -0.3 is 19.5 Å². The summed E-state index contributed by atoms with van der Waals surface area (Å²) in [7, 11) is 4.73. The summed E-state index contributed by atoms with van der Waals surface area (Å²) in [5, 5.41) is 3.05. The van der Waals surface area contributed by atoms with E-state index in [0.29, 0.717) is 30.1 Å². The Bertz CT molecular complexity index is 960. The lowest BCUT2D eigenvalue weighted by Gasteiger charge is -2.14. The van der Waals surface area contributed by atoms with E-state index in [1.807, 2.05) is 54.6 Å². The SMILES string of the molecule is COc1cc(CCC(=O)Nc2ccccc2Cc2ccccc2)cc(OC)c1OC. The molecule has 1 amide bonds. The van der Waals surface area contributed by atoms with Gasteiger partial charge in [0.05, 0.1) is 21.3 Å². The zero-order valence-electron chi connectivity index (χ0n) is 17.6. The van der Waals surface area contributed by atoms with Crippen molar-refractivity contribution in [1.82, 2.24) is 0 Å². The van der Waals surface area contributed by atoms with Crippen LogP contribution >= 0.6 is 0 Å². The molecule has 0 radical (unpaired) electrons. The summed E-state index contributed by atoms with van der Waals surface area (Å²) in [5.74, 6) is 1.67. The highest BCUT2D eigenvalue weighted by molar-refractivity contribution is 5.91. The average Bonchev–Trinajstić information content (AvgIpc) is 2.78. The molecule has 5 nitrogen and oxygen atoms in total. The second kappa shape index (κ2) is 10.3. The minimum atomic E-state index is -0.0377. The molecule has 0 aliphatic carbocycles. The summed E-state index contributed by atoms with van der Waals surface area (Å²) in [4.78, 5) is 12.6. The molecule has 0 aliphatic rings. The molecule has 3 aromatic rings. The largest absolute Gasteiger partial charge is 0.493 e. The number of rotatable bonds is 9. The van der Waals surface area contributed by atoms with Gasteiger partial charge in [0.25, 0.3) is 0 Å². The Balaban J connectivity index is 1.67. The molecule has 5 heteroatoms. The van der Waals surface area contributed by atoms with Crippen LogP contribution in [-0.2, 0) is 17.6 Å². The third-order valence-corrected chi connectivity index (χ3v) is 4.89. The lowest BCUT2D eigenvalue weighted by atomic mass is 10.0. The van der Waals surface area contributed by atoms with Crippen molar-refractivity contribution in [3.8, 4) is 17.2 Å². The summed E-state index contributed by atoms with van der Waals surface area (Å²) in [5.41, 5.74) is 4.08. The van der Waals surface area contributed by atoms with Gasteiger partial charge in [0.1, 0.15) is 0 Å². The van der Waals surface area contributed by atoms with Crippen LogP contribution in [0.4, 0.5) is 5.69 Å². The van der Waals surface area contributed by atoms with Crippen LogP contribution in [0, 0.1) is 0 Å². The van der Waals surface area contributed by atoms with Gasteiger partial charge in [-0.15, -0.1) is 0 Å². The van der Waals surface area contributed by atoms with E-state index in [1.54, 1.807) is 21.3 Å². The van der Waals surface area contributed by atoms with Crippen molar-refractivity contribution < 1.29 is 19.0 Å². The number of methoxy groups -OCH3 is 3. The molecule has 0 fully saturated rings. The van der Waals surface area contributed by atoms with E-state index in [0.717, 1.165) is 23.2 Å². The maximum atomic E-state index is 12.6. The van der Waals surface area contributed by atoms with Gasteiger partial charge in [0, 0.05) is 12.1 Å². The van der Waals surface area contributed by atoms with Crippen LogP contribution in [0.25, 0.3) is 0 Å². The summed E-state index contributed by atoms with van der Waals surface area (Å²) in [6, 6.07) is 21.9. The van der Waals surface area contributed by atoms with Crippen LogP contribution < -0.4 is 19.5 Å². The number of hydrogen-bond acceptors (Lipinski definition) is 4. The number of nitrogens with one attached hydrogen (secondary N) is 1. The topological polar surface area (TPSA) is 56.8 Å². The zero-order chi connectivity index (χ0) is 21.3. The van der Waals surface area contributed by atoms with Crippen molar-refractivity contribution in [3.63, 3.8) is 0 Å². The number of anilines is 1. The highest BCUT2D eigenvalue weighted by Crippen LogP contribution is 2.38. The molecule has 3 rings (SSSR count). The van der Waals surface area contributed by atoms with Crippen molar-refractivity contribution in [2.24, 2.45) is 0 Å². The predicted octanol–water partition coefficient (Wildman–Crippen LogP) is 4.87. The Kier molecular flexibility index (Phi) is 7.33. The standard InChI is InChI=1S/C25H27NO4/c1-28-22-16-19(17-23(29-2)25(22)30-3)13-14-24(27)26-21-12-8-7-11-20(21)15-18-9-5-4-6-10-18/h4-12,16-17H,13-15H2,1-3H3,(H,26,27). The fourth-order valence-electron chi connectivity index (χ4n) is 3.36. The summed E-state index contributed by atoms with van der Waals surface area (Å²) < 4.78 is 16.1. The van der Waals surface area contributed by atoms with Crippen LogP contribution in [-0.4, -0.2) is 27.2 Å². The van der Waals surface area contributed by atoms with Crippen LogP contribution in [0.3, 0.4) is 0 Å². The van der Waals surface area contributed by atoms with Gasteiger partial charge in [-0.05, 0) is 47.7 Å². The Morgan fingerprint density at radius 3 is 2.07 bits per heavy atom. The molecule has 3 aromatic carbocycles. The summed E-state index contributed by atoms with van der Waals surface area (Å²) in [6.07, 6.45) is 1.67.